The molecule has 1 aliphatic heterocycles. The molecule has 4 aromatic rings. The van der Waals surface area contributed by atoms with Crippen molar-refractivity contribution in [2.75, 3.05) is 5.32 Å². The lowest BCUT2D eigenvalue weighted by Gasteiger charge is -2.17. The summed E-state index contributed by atoms with van der Waals surface area (Å²) in [5.74, 6) is -0.125. The normalized spacial score (nSPS) is 16.5. The first-order chi connectivity index (χ1) is 17.2. The predicted octanol–water partition coefficient (Wildman–Crippen LogP) is 3.32. The largest absolute Gasteiger partial charge is 0.586 e. The highest BCUT2D eigenvalue weighted by atomic mass is 19.3. The van der Waals surface area contributed by atoms with E-state index in [1.165, 1.54) is 12.1 Å². The van der Waals surface area contributed by atoms with Gasteiger partial charge in [0.1, 0.15) is 5.82 Å². The maximum atomic E-state index is 13.4. The summed E-state index contributed by atoms with van der Waals surface area (Å²) in [5, 5.41) is 12.4. The van der Waals surface area contributed by atoms with Crippen LogP contribution in [-0.4, -0.2) is 37.4 Å². The fourth-order valence-corrected chi connectivity index (χ4v) is 4.30. The van der Waals surface area contributed by atoms with E-state index in [2.05, 4.69) is 35.3 Å². The number of fused-ring (bicyclic) bond motifs is 1. The number of anilines is 1. The van der Waals surface area contributed by atoms with Gasteiger partial charge in [0.25, 0.3) is 0 Å². The number of carbonyl (C=O) groups excluding carboxylic acids is 1. The Morgan fingerprint density at radius 2 is 1.89 bits per heavy atom. The molecule has 1 fully saturated rings. The zero-order valence-electron chi connectivity index (χ0n) is 18.8. The van der Waals surface area contributed by atoms with Crippen molar-refractivity contribution in [2.24, 2.45) is 0 Å². The number of ether oxygens (including phenoxy) is 2. The molecule has 2 aromatic carbocycles. The molecule has 1 saturated carbocycles. The number of pyridine rings is 1. The molecule has 6 rings (SSSR count). The van der Waals surface area contributed by atoms with Crippen LogP contribution in [0.3, 0.4) is 0 Å². The number of halogens is 2. The Morgan fingerprint density at radius 3 is 2.64 bits per heavy atom. The number of tetrazole rings is 1. The van der Waals surface area contributed by atoms with Gasteiger partial charge in [-0.1, -0.05) is 24.3 Å². The SMILES string of the molecule is Cc1ccc(NC(=O)C2(c3ccc4c(c3)OC(F)(F)O4)CC2)nc1-c1cccc(-n2nn[nH]c2=O)c1. The second kappa shape index (κ2) is 7.70. The summed E-state index contributed by atoms with van der Waals surface area (Å²) >= 11 is 0. The van der Waals surface area contributed by atoms with Crippen molar-refractivity contribution in [1.82, 2.24) is 25.2 Å². The van der Waals surface area contributed by atoms with Crippen molar-refractivity contribution in [2.45, 2.75) is 31.5 Å². The summed E-state index contributed by atoms with van der Waals surface area (Å²) in [6.07, 6.45) is -2.61. The average molecular weight is 492 g/mol. The molecular formula is C24H18F2N6O4. The van der Waals surface area contributed by atoms with Crippen LogP contribution in [0.4, 0.5) is 14.6 Å². The van der Waals surface area contributed by atoms with Gasteiger partial charge in [0.2, 0.25) is 5.91 Å². The highest BCUT2D eigenvalue weighted by Crippen LogP contribution is 2.52. The number of nitrogens with zero attached hydrogens (tertiary/aromatic N) is 4. The van der Waals surface area contributed by atoms with Crippen LogP contribution in [0.25, 0.3) is 16.9 Å². The molecule has 0 saturated heterocycles. The number of rotatable bonds is 5. The van der Waals surface area contributed by atoms with E-state index >= 15 is 0 Å². The fraction of sp³-hybridized carbons (Fsp3) is 0.208. The third-order valence-corrected chi connectivity index (χ3v) is 6.31. The van der Waals surface area contributed by atoms with Crippen molar-refractivity contribution in [3.8, 4) is 28.4 Å². The Morgan fingerprint density at radius 1 is 1.08 bits per heavy atom. The number of alkyl halides is 2. The van der Waals surface area contributed by atoms with E-state index in [1.807, 2.05) is 19.1 Å². The average Bonchev–Trinajstić information content (AvgIpc) is 3.45. The van der Waals surface area contributed by atoms with Crippen molar-refractivity contribution >= 4 is 11.7 Å². The molecule has 1 amide bonds. The van der Waals surface area contributed by atoms with Crippen LogP contribution in [0, 0.1) is 6.92 Å². The van der Waals surface area contributed by atoms with E-state index in [0.717, 1.165) is 10.2 Å². The van der Waals surface area contributed by atoms with Crippen LogP contribution in [0.2, 0.25) is 0 Å². The Balaban J connectivity index is 1.27. The van der Waals surface area contributed by atoms with Crippen LogP contribution in [-0.2, 0) is 10.2 Å². The molecule has 36 heavy (non-hydrogen) atoms. The molecule has 12 heteroatoms. The van der Waals surface area contributed by atoms with Crippen molar-refractivity contribution in [1.29, 1.82) is 0 Å². The number of amides is 1. The third-order valence-electron chi connectivity index (χ3n) is 6.31. The number of benzene rings is 2. The van der Waals surface area contributed by atoms with Gasteiger partial charge in [0.15, 0.2) is 11.5 Å². The fourth-order valence-electron chi connectivity index (χ4n) is 4.30. The van der Waals surface area contributed by atoms with E-state index in [4.69, 9.17) is 0 Å². The van der Waals surface area contributed by atoms with Crippen molar-refractivity contribution in [3.63, 3.8) is 0 Å². The van der Waals surface area contributed by atoms with Gasteiger partial charge in [0, 0.05) is 5.56 Å². The van der Waals surface area contributed by atoms with Crippen molar-refractivity contribution in [3.05, 3.63) is 76.2 Å². The summed E-state index contributed by atoms with van der Waals surface area (Å²) < 4.78 is 36.9. The van der Waals surface area contributed by atoms with Gasteiger partial charge in [-0.25, -0.2) is 14.9 Å². The predicted molar refractivity (Wildman–Crippen MR) is 122 cm³/mol. The lowest BCUT2D eigenvalue weighted by Crippen LogP contribution is -2.28. The second-order valence-corrected chi connectivity index (χ2v) is 8.70. The highest BCUT2D eigenvalue weighted by Gasteiger charge is 2.53. The minimum Gasteiger partial charge on any atom is -0.395 e. The van der Waals surface area contributed by atoms with Gasteiger partial charge in [-0.2, -0.15) is 4.68 Å². The number of nitrogens with one attached hydrogen (secondary N) is 2. The summed E-state index contributed by atoms with van der Waals surface area (Å²) in [7, 11) is 0. The van der Waals surface area contributed by atoms with Crippen LogP contribution in [0.5, 0.6) is 11.5 Å². The Hall–Kier alpha value is -4.61. The Labute approximate surface area is 201 Å². The summed E-state index contributed by atoms with van der Waals surface area (Å²) in [6.45, 7) is 1.88. The monoisotopic (exact) mass is 492 g/mol. The van der Waals surface area contributed by atoms with Gasteiger partial charge >= 0.3 is 12.0 Å². The first kappa shape index (κ1) is 21.9. The summed E-state index contributed by atoms with van der Waals surface area (Å²) in [4.78, 5) is 29.8. The maximum absolute atomic E-state index is 13.4. The number of carbonyl (C=O) groups is 1. The molecule has 2 aromatic heterocycles. The lowest BCUT2D eigenvalue weighted by atomic mass is 9.94. The molecule has 0 unspecified atom stereocenters. The van der Waals surface area contributed by atoms with E-state index in [0.29, 0.717) is 41.2 Å². The minimum atomic E-state index is -3.72. The number of hydrogen-bond acceptors (Lipinski definition) is 7. The van der Waals surface area contributed by atoms with Gasteiger partial charge in [-0.3, -0.25) is 4.79 Å². The number of H-pyrrole nitrogens is 1. The first-order valence-electron chi connectivity index (χ1n) is 11.0. The molecule has 0 bridgehead atoms. The topological polar surface area (TPSA) is 124 Å². The molecule has 182 valence electrons. The second-order valence-electron chi connectivity index (χ2n) is 8.70. The van der Waals surface area contributed by atoms with Crippen LogP contribution in [0.15, 0.2) is 59.4 Å². The zero-order valence-corrected chi connectivity index (χ0v) is 18.8. The number of hydrogen-bond donors (Lipinski definition) is 2. The molecule has 0 spiro atoms. The van der Waals surface area contributed by atoms with Gasteiger partial charge in [-0.15, -0.1) is 8.78 Å². The molecule has 3 heterocycles. The van der Waals surface area contributed by atoms with E-state index in [-0.39, 0.29) is 17.4 Å². The maximum Gasteiger partial charge on any atom is 0.586 e. The van der Waals surface area contributed by atoms with E-state index in [1.54, 1.807) is 30.3 Å². The number of aromatic amines is 1. The van der Waals surface area contributed by atoms with Crippen molar-refractivity contribution < 1.29 is 23.0 Å². The zero-order chi connectivity index (χ0) is 25.1. The van der Waals surface area contributed by atoms with Crippen LogP contribution < -0.4 is 20.5 Å². The molecule has 2 N–H and O–H groups in total. The standard InChI is InChI=1S/C24H18F2N6O4/c1-13-5-8-19(27-20(13)14-3-2-4-16(11-14)32-22(34)29-30-31-32)28-21(33)23(9-10-23)15-6-7-17-18(12-15)36-24(25,26)35-17/h2-8,11-12H,9-10H2,1H3,(H,27,28,33)(H,29,31,34). The lowest BCUT2D eigenvalue weighted by molar-refractivity contribution is -0.286. The quantitative estimate of drug-likeness (QED) is 0.438. The third kappa shape index (κ3) is 3.67. The molecule has 0 radical (unpaired) electrons. The van der Waals surface area contributed by atoms with Crippen LogP contribution >= 0.6 is 0 Å². The summed E-state index contributed by atoms with van der Waals surface area (Å²) in [6, 6.07) is 15.0. The number of aromatic nitrogens is 5. The molecule has 2 aliphatic rings. The number of aryl methyl sites for hydroxylation is 1. The molecule has 1 aliphatic carbocycles. The molecular weight excluding hydrogens is 474 g/mol. The Kier molecular flexibility index (Phi) is 4.68. The first-order valence-corrected chi connectivity index (χ1v) is 11.0. The summed E-state index contributed by atoms with van der Waals surface area (Å²) in [5.41, 5.74) is 1.92. The molecule has 0 atom stereocenters. The van der Waals surface area contributed by atoms with E-state index < -0.39 is 17.4 Å². The van der Waals surface area contributed by atoms with Gasteiger partial charge in [0.05, 0.1) is 16.8 Å². The minimum absolute atomic E-state index is 0.0695. The van der Waals surface area contributed by atoms with E-state index in [9.17, 15) is 18.4 Å². The molecule has 10 nitrogen and oxygen atoms in total. The van der Waals surface area contributed by atoms with Crippen LogP contribution in [0.1, 0.15) is 24.0 Å². The van der Waals surface area contributed by atoms with Gasteiger partial charge < -0.3 is 14.8 Å². The highest BCUT2D eigenvalue weighted by molar-refractivity contribution is 6.01. The Bertz CT molecular complexity index is 1580. The smallest absolute Gasteiger partial charge is 0.395 e. The van der Waals surface area contributed by atoms with Gasteiger partial charge in [-0.05, 0) is 71.7 Å².